The summed E-state index contributed by atoms with van der Waals surface area (Å²) >= 11 is 0. The molecule has 10 heteroatoms. The molecule has 0 aromatic rings. The van der Waals surface area contributed by atoms with Crippen molar-refractivity contribution in [3.05, 3.63) is 0 Å². The summed E-state index contributed by atoms with van der Waals surface area (Å²) in [4.78, 5) is 19.6. The van der Waals surface area contributed by atoms with E-state index >= 15 is 0 Å². The normalized spacial score (nSPS) is 17.0. The van der Waals surface area contributed by atoms with Crippen molar-refractivity contribution < 1.29 is 22.7 Å². The summed E-state index contributed by atoms with van der Waals surface area (Å²) in [6.45, 7) is 3.57. The van der Waals surface area contributed by atoms with E-state index in [0.29, 0.717) is 51.8 Å². The molecule has 24 heavy (non-hydrogen) atoms. The number of carbonyl (C=O) groups is 1. The Labute approximate surface area is 140 Å². The van der Waals surface area contributed by atoms with E-state index in [1.54, 1.807) is 14.2 Å². The molecule has 1 fully saturated rings. The van der Waals surface area contributed by atoms with Crippen LogP contribution in [-0.4, -0.2) is 94.4 Å². The summed E-state index contributed by atoms with van der Waals surface area (Å²) in [6, 6.07) is 0. The third-order valence-corrected chi connectivity index (χ3v) is 3.57. The number of aliphatic imine (C=N–C) groups is 1. The summed E-state index contributed by atoms with van der Waals surface area (Å²) < 4.78 is 41.4. The zero-order valence-corrected chi connectivity index (χ0v) is 14.2. The number of halogens is 3. The predicted molar refractivity (Wildman–Crippen MR) is 84.9 cm³/mol. The second-order valence-corrected chi connectivity index (χ2v) is 5.45. The van der Waals surface area contributed by atoms with Gasteiger partial charge in [0.2, 0.25) is 5.91 Å². The first-order chi connectivity index (χ1) is 11.4. The number of hydrogen-bond acceptors (Lipinski definition) is 4. The van der Waals surface area contributed by atoms with Gasteiger partial charge in [-0.05, 0) is 0 Å². The summed E-state index contributed by atoms with van der Waals surface area (Å²) in [5, 5.41) is 5.49. The third kappa shape index (κ3) is 8.34. The molecule has 0 aromatic heterocycles. The molecule has 1 aliphatic heterocycles. The number of rotatable bonds is 7. The zero-order valence-electron chi connectivity index (χ0n) is 14.2. The molecule has 1 rings (SSSR count). The highest BCUT2D eigenvalue weighted by atomic mass is 19.4. The molecule has 0 bridgehead atoms. The largest absolute Gasteiger partial charge is 0.390 e. The first kappa shape index (κ1) is 20.5. The number of ether oxygens (including phenoxy) is 1. The number of alkyl halides is 3. The second kappa shape index (κ2) is 10.3. The van der Waals surface area contributed by atoms with Gasteiger partial charge in [-0.3, -0.25) is 14.7 Å². The number of amides is 1. The van der Waals surface area contributed by atoms with Crippen LogP contribution in [0.4, 0.5) is 13.2 Å². The lowest BCUT2D eigenvalue weighted by Gasteiger charge is -2.36. The number of guanidine groups is 1. The van der Waals surface area contributed by atoms with Crippen molar-refractivity contribution in [1.29, 1.82) is 0 Å². The van der Waals surface area contributed by atoms with Gasteiger partial charge >= 0.3 is 6.18 Å². The third-order valence-electron chi connectivity index (χ3n) is 3.57. The Bertz CT molecular complexity index is 410. The lowest BCUT2D eigenvalue weighted by Crippen LogP contribution is -2.54. The van der Waals surface area contributed by atoms with Gasteiger partial charge in [0.1, 0.15) is 0 Å². The maximum absolute atomic E-state index is 12.2. The molecular weight excluding hydrogens is 327 g/mol. The van der Waals surface area contributed by atoms with Crippen LogP contribution in [0, 0.1) is 0 Å². The standard InChI is InChI=1S/C14H26F3N5O2/c1-18-13(20-4-3-14(15,16)17)22-8-6-21(7-9-22)11-12(23)19-5-10-24-2/h3-11H2,1-2H3,(H,18,20)(H,19,23). The molecule has 140 valence electrons. The van der Waals surface area contributed by atoms with Crippen molar-refractivity contribution in [2.45, 2.75) is 12.6 Å². The van der Waals surface area contributed by atoms with Crippen LogP contribution >= 0.6 is 0 Å². The van der Waals surface area contributed by atoms with Crippen LogP contribution < -0.4 is 10.6 Å². The summed E-state index contributed by atoms with van der Waals surface area (Å²) in [5.41, 5.74) is 0. The molecule has 7 nitrogen and oxygen atoms in total. The molecule has 0 atom stereocenters. The average molecular weight is 353 g/mol. The van der Waals surface area contributed by atoms with E-state index in [9.17, 15) is 18.0 Å². The lowest BCUT2D eigenvalue weighted by molar-refractivity contribution is -0.132. The van der Waals surface area contributed by atoms with E-state index in [1.807, 2.05) is 9.80 Å². The molecule has 1 amide bonds. The second-order valence-electron chi connectivity index (χ2n) is 5.45. The minimum atomic E-state index is -4.18. The summed E-state index contributed by atoms with van der Waals surface area (Å²) in [5.74, 6) is 0.400. The van der Waals surface area contributed by atoms with Gasteiger partial charge in [-0.2, -0.15) is 13.2 Å². The Kier molecular flexibility index (Phi) is 8.83. The molecule has 0 aliphatic carbocycles. The fraction of sp³-hybridized carbons (Fsp3) is 0.857. The number of piperazine rings is 1. The molecule has 1 saturated heterocycles. The van der Waals surface area contributed by atoms with Crippen LogP contribution in [0.3, 0.4) is 0 Å². The van der Waals surface area contributed by atoms with Gasteiger partial charge in [0.25, 0.3) is 0 Å². The fourth-order valence-corrected chi connectivity index (χ4v) is 2.32. The van der Waals surface area contributed by atoms with E-state index in [1.165, 1.54) is 0 Å². The number of methoxy groups -OCH3 is 1. The summed E-state index contributed by atoms with van der Waals surface area (Å²) in [6.07, 6.45) is -5.08. The minimum absolute atomic E-state index is 0.0619. The molecule has 0 saturated carbocycles. The average Bonchev–Trinajstić information content (AvgIpc) is 2.52. The molecule has 1 aliphatic rings. The summed E-state index contributed by atoms with van der Waals surface area (Å²) in [7, 11) is 3.12. The number of hydrogen-bond donors (Lipinski definition) is 2. The Morgan fingerprint density at radius 3 is 2.38 bits per heavy atom. The highest BCUT2D eigenvalue weighted by molar-refractivity contribution is 5.80. The smallest absolute Gasteiger partial charge is 0.383 e. The molecule has 0 radical (unpaired) electrons. The van der Waals surface area contributed by atoms with E-state index < -0.39 is 12.6 Å². The SMILES string of the molecule is CN=C(NCCC(F)(F)F)N1CCN(CC(=O)NCCOC)CC1. The topological polar surface area (TPSA) is 69.2 Å². The Morgan fingerprint density at radius 2 is 1.83 bits per heavy atom. The van der Waals surface area contributed by atoms with Crippen molar-refractivity contribution in [2.75, 3.05) is 66.6 Å². The Balaban J connectivity index is 2.29. The van der Waals surface area contributed by atoms with Gasteiger partial charge in [0.15, 0.2) is 5.96 Å². The van der Waals surface area contributed by atoms with E-state index in [-0.39, 0.29) is 12.5 Å². The van der Waals surface area contributed by atoms with Gasteiger partial charge in [-0.1, -0.05) is 0 Å². The van der Waals surface area contributed by atoms with Crippen molar-refractivity contribution in [3.8, 4) is 0 Å². The first-order valence-corrected chi connectivity index (χ1v) is 7.86. The van der Waals surface area contributed by atoms with Gasteiger partial charge < -0.3 is 20.3 Å². The zero-order chi connectivity index (χ0) is 18.0. The Hall–Kier alpha value is -1.55. The number of nitrogens with one attached hydrogen (secondary N) is 2. The molecule has 0 unspecified atom stereocenters. The van der Waals surface area contributed by atoms with E-state index in [4.69, 9.17) is 4.74 Å². The molecule has 1 heterocycles. The van der Waals surface area contributed by atoms with Gasteiger partial charge in [0.05, 0.1) is 19.6 Å². The Morgan fingerprint density at radius 1 is 1.17 bits per heavy atom. The van der Waals surface area contributed by atoms with Gasteiger partial charge in [-0.15, -0.1) is 0 Å². The minimum Gasteiger partial charge on any atom is -0.383 e. The number of nitrogens with zero attached hydrogens (tertiary/aromatic N) is 3. The molecule has 0 aromatic carbocycles. The van der Waals surface area contributed by atoms with Crippen molar-refractivity contribution in [2.24, 2.45) is 4.99 Å². The van der Waals surface area contributed by atoms with E-state index in [0.717, 1.165) is 0 Å². The molecule has 0 spiro atoms. The highest BCUT2D eigenvalue weighted by Crippen LogP contribution is 2.18. The van der Waals surface area contributed by atoms with E-state index in [2.05, 4.69) is 15.6 Å². The maximum atomic E-state index is 12.2. The van der Waals surface area contributed by atoms with Crippen molar-refractivity contribution >= 4 is 11.9 Å². The van der Waals surface area contributed by atoms with Crippen LogP contribution in [0.1, 0.15) is 6.42 Å². The number of carbonyl (C=O) groups excluding carboxylic acids is 1. The van der Waals surface area contributed by atoms with Crippen LogP contribution in [0.2, 0.25) is 0 Å². The van der Waals surface area contributed by atoms with Crippen LogP contribution in [-0.2, 0) is 9.53 Å². The van der Waals surface area contributed by atoms with Crippen molar-refractivity contribution in [1.82, 2.24) is 20.4 Å². The van der Waals surface area contributed by atoms with Gasteiger partial charge in [0, 0.05) is 53.4 Å². The maximum Gasteiger partial charge on any atom is 0.390 e. The first-order valence-electron chi connectivity index (χ1n) is 7.86. The molecule has 2 N–H and O–H groups in total. The van der Waals surface area contributed by atoms with Crippen LogP contribution in [0.5, 0.6) is 0 Å². The van der Waals surface area contributed by atoms with Crippen molar-refractivity contribution in [3.63, 3.8) is 0 Å². The fourth-order valence-electron chi connectivity index (χ4n) is 2.32. The lowest BCUT2D eigenvalue weighted by atomic mass is 10.3. The van der Waals surface area contributed by atoms with Crippen LogP contribution in [0.15, 0.2) is 4.99 Å². The monoisotopic (exact) mass is 353 g/mol. The van der Waals surface area contributed by atoms with Crippen LogP contribution in [0.25, 0.3) is 0 Å². The quantitative estimate of drug-likeness (QED) is 0.380. The highest BCUT2D eigenvalue weighted by Gasteiger charge is 2.27. The molecular formula is C14H26F3N5O2. The van der Waals surface area contributed by atoms with Gasteiger partial charge in [-0.25, -0.2) is 0 Å². The predicted octanol–water partition coefficient (Wildman–Crippen LogP) is -0.106.